The highest BCUT2D eigenvalue weighted by atomic mass is 15.1. The van der Waals surface area contributed by atoms with Crippen molar-refractivity contribution in [1.82, 2.24) is 10.2 Å². The molecule has 1 aliphatic heterocycles. The van der Waals surface area contributed by atoms with E-state index in [1.54, 1.807) is 0 Å². The van der Waals surface area contributed by atoms with E-state index < -0.39 is 0 Å². The minimum Gasteiger partial charge on any atom is -0.310 e. The molecule has 2 unspecified atom stereocenters. The van der Waals surface area contributed by atoms with Gasteiger partial charge < -0.3 is 10.2 Å². The average molecular weight is 288 g/mol. The van der Waals surface area contributed by atoms with Gasteiger partial charge in [0, 0.05) is 12.6 Å². The SMILES string of the molecule is CCNC(CCN1CCCC(CC)C1)c1ccccc1C. The third-order valence-corrected chi connectivity index (χ3v) is 4.93. The van der Waals surface area contributed by atoms with E-state index in [0.29, 0.717) is 6.04 Å². The molecule has 118 valence electrons. The minimum atomic E-state index is 0.498. The lowest BCUT2D eigenvalue weighted by Crippen LogP contribution is -2.37. The van der Waals surface area contributed by atoms with Crippen molar-refractivity contribution in [3.63, 3.8) is 0 Å². The number of nitrogens with zero attached hydrogens (tertiary/aromatic N) is 1. The van der Waals surface area contributed by atoms with Crippen LogP contribution in [0.5, 0.6) is 0 Å². The van der Waals surface area contributed by atoms with E-state index in [1.165, 1.54) is 56.4 Å². The third kappa shape index (κ3) is 4.82. The Morgan fingerprint density at radius 1 is 1.29 bits per heavy atom. The fourth-order valence-electron chi connectivity index (χ4n) is 3.59. The average Bonchev–Trinajstić information content (AvgIpc) is 2.52. The topological polar surface area (TPSA) is 15.3 Å². The Morgan fingerprint density at radius 2 is 2.10 bits per heavy atom. The van der Waals surface area contributed by atoms with Gasteiger partial charge in [0.1, 0.15) is 0 Å². The number of hydrogen-bond donors (Lipinski definition) is 1. The van der Waals surface area contributed by atoms with Crippen LogP contribution >= 0.6 is 0 Å². The molecule has 1 fully saturated rings. The van der Waals surface area contributed by atoms with E-state index in [2.05, 4.69) is 55.3 Å². The molecule has 2 rings (SSSR count). The van der Waals surface area contributed by atoms with Gasteiger partial charge in [0.2, 0.25) is 0 Å². The Morgan fingerprint density at radius 3 is 2.81 bits per heavy atom. The van der Waals surface area contributed by atoms with Crippen LogP contribution in [0.3, 0.4) is 0 Å². The van der Waals surface area contributed by atoms with E-state index in [9.17, 15) is 0 Å². The molecular formula is C19H32N2. The maximum Gasteiger partial charge on any atom is 0.0334 e. The first-order chi connectivity index (χ1) is 10.2. The molecule has 1 aromatic carbocycles. The summed E-state index contributed by atoms with van der Waals surface area (Å²) >= 11 is 0. The summed E-state index contributed by atoms with van der Waals surface area (Å²) in [5.74, 6) is 0.926. The molecule has 1 aromatic rings. The molecule has 0 aliphatic carbocycles. The van der Waals surface area contributed by atoms with Crippen LogP contribution < -0.4 is 5.32 Å². The first-order valence-electron chi connectivity index (χ1n) is 8.75. The molecular weight excluding hydrogens is 256 g/mol. The molecule has 2 atom stereocenters. The second-order valence-corrected chi connectivity index (χ2v) is 6.47. The monoisotopic (exact) mass is 288 g/mol. The van der Waals surface area contributed by atoms with Crippen molar-refractivity contribution in [2.75, 3.05) is 26.2 Å². The summed E-state index contributed by atoms with van der Waals surface area (Å²) in [6, 6.07) is 9.32. The molecule has 1 N–H and O–H groups in total. The largest absolute Gasteiger partial charge is 0.310 e. The number of piperidine rings is 1. The van der Waals surface area contributed by atoms with Crippen LogP contribution in [0.25, 0.3) is 0 Å². The van der Waals surface area contributed by atoms with Crippen molar-refractivity contribution in [3.8, 4) is 0 Å². The van der Waals surface area contributed by atoms with E-state index in [0.717, 1.165) is 12.5 Å². The summed E-state index contributed by atoms with van der Waals surface area (Å²) in [5.41, 5.74) is 2.89. The van der Waals surface area contributed by atoms with Crippen LogP contribution in [0.15, 0.2) is 24.3 Å². The molecule has 21 heavy (non-hydrogen) atoms. The third-order valence-electron chi connectivity index (χ3n) is 4.93. The standard InChI is InChI=1S/C19H32N2/c1-4-17-10-8-13-21(15-17)14-12-19(20-5-2)18-11-7-6-9-16(18)3/h6-7,9,11,17,19-20H,4-5,8,10,12-15H2,1-3H3. The Labute approximate surface area is 130 Å². The van der Waals surface area contributed by atoms with Gasteiger partial charge in [0.15, 0.2) is 0 Å². The van der Waals surface area contributed by atoms with Gasteiger partial charge in [-0.05, 0) is 62.9 Å². The van der Waals surface area contributed by atoms with Crippen LogP contribution in [0.2, 0.25) is 0 Å². The molecule has 0 amide bonds. The predicted octanol–water partition coefficient (Wildman–Crippen LogP) is 4.16. The van der Waals surface area contributed by atoms with Crippen LogP contribution in [0.1, 0.15) is 56.7 Å². The maximum absolute atomic E-state index is 3.68. The first-order valence-corrected chi connectivity index (χ1v) is 8.75. The predicted molar refractivity (Wildman–Crippen MR) is 91.7 cm³/mol. The summed E-state index contributed by atoms with van der Waals surface area (Å²) in [6.45, 7) is 11.6. The number of likely N-dealkylation sites (tertiary alicyclic amines) is 1. The minimum absolute atomic E-state index is 0.498. The Kier molecular flexibility index (Phi) is 6.72. The summed E-state index contributed by atoms with van der Waals surface area (Å²) in [7, 11) is 0. The lowest BCUT2D eigenvalue weighted by molar-refractivity contribution is 0.165. The molecule has 2 nitrogen and oxygen atoms in total. The summed E-state index contributed by atoms with van der Waals surface area (Å²) in [4.78, 5) is 2.68. The van der Waals surface area contributed by atoms with Gasteiger partial charge >= 0.3 is 0 Å². The van der Waals surface area contributed by atoms with E-state index >= 15 is 0 Å². The number of aryl methyl sites for hydroxylation is 1. The van der Waals surface area contributed by atoms with E-state index in [1.807, 2.05) is 0 Å². The number of benzene rings is 1. The van der Waals surface area contributed by atoms with Gasteiger partial charge in [0.25, 0.3) is 0 Å². The normalized spacial score (nSPS) is 21.4. The van der Waals surface area contributed by atoms with Crippen molar-refractivity contribution in [3.05, 3.63) is 35.4 Å². The first kappa shape index (κ1) is 16.5. The molecule has 0 bridgehead atoms. The number of nitrogens with one attached hydrogen (secondary N) is 1. The van der Waals surface area contributed by atoms with Gasteiger partial charge in [-0.1, -0.05) is 44.5 Å². The van der Waals surface area contributed by atoms with Gasteiger partial charge in [0.05, 0.1) is 0 Å². The second kappa shape index (κ2) is 8.55. The zero-order chi connectivity index (χ0) is 15.1. The van der Waals surface area contributed by atoms with Crippen molar-refractivity contribution in [1.29, 1.82) is 0 Å². The van der Waals surface area contributed by atoms with Gasteiger partial charge in [-0.2, -0.15) is 0 Å². The molecule has 0 spiro atoms. The molecule has 0 radical (unpaired) electrons. The van der Waals surface area contributed by atoms with Crippen molar-refractivity contribution in [2.24, 2.45) is 5.92 Å². The maximum atomic E-state index is 3.68. The smallest absolute Gasteiger partial charge is 0.0334 e. The zero-order valence-electron chi connectivity index (χ0n) is 14.1. The molecule has 1 heterocycles. The number of hydrogen-bond acceptors (Lipinski definition) is 2. The van der Waals surface area contributed by atoms with E-state index in [4.69, 9.17) is 0 Å². The van der Waals surface area contributed by atoms with Crippen molar-refractivity contribution < 1.29 is 0 Å². The zero-order valence-corrected chi connectivity index (χ0v) is 14.1. The highest BCUT2D eigenvalue weighted by Gasteiger charge is 2.20. The highest BCUT2D eigenvalue weighted by Crippen LogP contribution is 2.23. The van der Waals surface area contributed by atoms with Gasteiger partial charge in [-0.3, -0.25) is 0 Å². The Bertz CT molecular complexity index is 416. The van der Waals surface area contributed by atoms with Gasteiger partial charge in [-0.15, -0.1) is 0 Å². The van der Waals surface area contributed by atoms with Crippen LogP contribution in [-0.4, -0.2) is 31.1 Å². The number of rotatable bonds is 7. The fourth-order valence-corrected chi connectivity index (χ4v) is 3.59. The molecule has 1 saturated heterocycles. The van der Waals surface area contributed by atoms with E-state index in [-0.39, 0.29) is 0 Å². The highest BCUT2D eigenvalue weighted by molar-refractivity contribution is 5.28. The van der Waals surface area contributed by atoms with Crippen LogP contribution in [-0.2, 0) is 0 Å². The molecule has 0 aromatic heterocycles. The van der Waals surface area contributed by atoms with Crippen molar-refractivity contribution >= 4 is 0 Å². The summed E-state index contributed by atoms with van der Waals surface area (Å²) in [6.07, 6.45) is 5.37. The lowest BCUT2D eigenvalue weighted by atomic mass is 9.94. The molecule has 0 saturated carbocycles. The van der Waals surface area contributed by atoms with Crippen LogP contribution in [0.4, 0.5) is 0 Å². The Balaban J connectivity index is 1.92. The fraction of sp³-hybridized carbons (Fsp3) is 0.684. The second-order valence-electron chi connectivity index (χ2n) is 6.47. The Hall–Kier alpha value is -0.860. The summed E-state index contributed by atoms with van der Waals surface area (Å²) in [5, 5.41) is 3.68. The van der Waals surface area contributed by atoms with Crippen LogP contribution in [0, 0.1) is 12.8 Å². The summed E-state index contributed by atoms with van der Waals surface area (Å²) < 4.78 is 0. The van der Waals surface area contributed by atoms with Crippen molar-refractivity contribution in [2.45, 2.75) is 52.5 Å². The molecule has 2 heteroatoms. The molecule has 1 aliphatic rings. The quantitative estimate of drug-likeness (QED) is 0.810. The van der Waals surface area contributed by atoms with Gasteiger partial charge in [-0.25, -0.2) is 0 Å². The lowest BCUT2D eigenvalue weighted by Gasteiger charge is -2.33.